The molecule has 2 fully saturated rings. The lowest BCUT2D eigenvalue weighted by atomic mass is 9.95. The second-order valence-corrected chi connectivity index (χ2v) is 9.03. The van der Waals surface area contributed by atoms with Gasteiger partial charge in [-0.2, -0.15) is 0 Å². The number of para-hydroxylation sites is 1. The number of carbonyl (C=O) groups excluding carboxylic acids is 2. The fourth-order valence-electron chi connectivity index (χ4n) is 5.09. The van der Waals surface area contributed by atoms with Crippen LogP contribution in [-0.4, -0.2) is 54.6 Å². The molecule has 0 unspecified atom stereocenters. The molecule has 2 atom stereocenters. The summed E-state index contributed by atoms with van der Waals surface area (Å²) in [5.74, 6) is 1.54. The van der Waals surface area contributed by atoms with Gasteiger partial charge in [-0.25, -0.2) is 4.79 Å². The van der Waals surface area contributed by atoms with Crippen molar-refractivity contribution in [2.45, 2.75) is 38.1 Å². The van der Waals surface area contributed by atoms with Gasteiger partial charge in [0.1, 0.15) is 0 Å². The van der Waals surface area contributed by atoms with Crippen molar-refractivity contribution in [2.24, 2.45) is 5.92 Å². The Morgan fingerprint density at radius 1 is 0.879 bits per heavy atom. The van der Waals surface area contributed by atoms with Crippen molar-refractivity contribution in [1.82, 2.24) is 9.80 Å². The van der Waals surface area contributed by atoms with Gasteiger partial charge in [0.15, 0.2) is 11.5 Å². The number of anilines is 1. The van der Waals surface area contributed by atoms with Gasteiger partial charge in [0.2, 0.25) is 5.91 Å². The van der Waals surface area contributed by atoms with Crippen LogP contribution >= 0.6 is 0 Å². The van der Waals surface area contributed by atoms with Crippen LogP contribution in [0.1, 0.15) is 43.7 Å². The van der Waals surface area contributed by atoms with Crippen molar-refractivity contribution < 1.29 is 19.1 Å². The number of nitrogens with zero attached hydrogens (tertiary/aromatic N) is 2. The standard InChI is InChI=1S/C26H31N3O4/c30-25(20-7-4-13-28(18-20)26(31)27-21-8-2-1-3-9-21)29-14-5-10-22(29)19-11-12-23-24(17-19)33-16-6-15-32-23/h1-3,8-9,11-12,17,20,22H,4-7,10,13-16,18H2,(H,27,31)/t20-,22+/m0/s1. The van der Waals surface area contributed by atoms with Crippen molar-refractivity contribution in [2.75, 3.05) is 38.2 Å². The molecule has 0 aromatic heterocycles. The average molecular weight is 450 g/mol. The van der Waals surface area contributed by atoms with Crippen LogP contribution in [0.3, 0.4) is 0 Å². The SMILES string of the molecule is O=C(Nc1ccccc1)N1CCC[C@H](C(=O)N2CCC[C@@H]2c2ccc3c(c2)OCCCO3)C1. The van der Waals surface area contributed by atoms with Gasteiger partial charge in [-0.05, 0) is 55.5 Å². The van der Waals surface area contributed by atoms with Gasteiger partial charge in [0.25, 0.3) is 0 Å². The minimum atomic E-state index is -0.165. The monoisotopic (exact) mass is 449 g/mol. The molecule has 3 aliphatic heterocycles. The lowest BCUT2D eigenvalue weighted by Crippen LogP contribution is -2.47. The summed E-state index contributed by atoms with van der Waals surface area (Å²) in [5, 5.41) is 2.95. The number of amides is 3. The van der Waals surface area contributed by atoms with Crippen LogP contribution in [0.15, 0.2) is 48.5 Å². The van der Waals surface area contributed by atoms with E-state index >= 15 is 0 Å². The molecule has 2 saturated heterocycles. The van der Waals surface area contributed by atoms with E-state index in [4.69, 9.17) is 9.47 Å². The molecular formula is C26H31N3O4. The highest BCUT2D eigenvalue weighted by Crippen LogP contribution is 2.39. The fraction of sp³-hybridized carbons (Fsp3) is 0.462. The summed E-state index contributed by atoms with van der Waals surface area (Å²) in [4.78, 5) is 30.1. The predicted octanol–water partition coefficient (Wildman–Crippen LogP) is 4.46. The Morgan fingerprint density at radius 3 is 2.52 bits per heavy atom. The van der Waals surface area contributed by atoms with E-state index < -0.39 is 0 Å². The Morgan fingerprint density at radius 2 is 1.67 bits per heavy atom. The van der Waals surface area contributed by atoms with E-state index in [2.05, 4.69) is 11.4 Å². The molecule has 1 N–H and O–H groups in total. The first kappa shape index (κ1) is 21.6. The summed E-state index contributed by atoms with van der Waals surface area (Å²) in [5.41, 5.74) is 1.87. The first-order valence-corrected chi connectivity index (χ1v) is 12.0. The van der Waals surface area contributed by atoms with E-state index in [1.807, 2.05) is 47.4 Å². The van der Waals surface area contributed by atoms with E-state index in [0.29, 0.717) is 26.3 Å². The molecule has 0 bridgehead atoms. The van der Waals surface area contributed by atoms with Crippen molar-refractivity contribution in [3.63, 3.8) is 0 Å². The maximum absolute atomic E-state index is 13.6. The normalized spacial score (nSPS) is 22.5. The third kappa shape index (κ3) is 4.77. The van der Waals surface area contributed by atoms with E-state index in [1.165, 1.54) is 0 Å². The number of ether oxygens (including phenoxy) is 2. The molecule has 2 aromatic rings. The summed E-state index contributed by atoms with van der Waals surface area (Å²) in [6.45, 7) is 3.20. The van der Waals surface area contributed by atoms with E-state index in [0.717, 1.165) is 61.4 Å². The molecule has 33 heavy (non-hydrogen) atoms. The number of hydrogen-bond acceptors (Lipinski definition) is 4. The maximum atomic E-state index is 13.6. The molecule has 3 aliphatic rings. The zero-order chi connectivity index (χ0) is 22.6. The number of hydrogen-bond donors (Lipinski definition) is 1. The molecule has 174 valence electrons. The highest BCUT2D eigenvalue weighted by Gasteiger charge is 2.37. The quantitative estimate of drug-likeness (QED) is 0.751. The van der Waals surface area contributed by atoms with Crippen LogP contribution in [0.5, 0.6) is 11.5 Å². The first-order valence-electron chi connectivity index (χ1n) is 12.0. The Bertz CT molecular complexity index is 996. The Labute approximate surface area is 194 Å². The van der Waals surface area contributed by atoms with Crippen molar-refractivity contribution in [3.05, 3.63) is 54.1 Å². The topological polar surface area (TPSA) is 71.1 Å². The molecule has 5 rings (SSSR count). The fourth-order valence-corrected chi connectivity index (χ4v) is 5.09. The zero-order valence-electron chi connectivity index (χ0n) is 18.9. The molecular weight excluding hydrogens is 418 g/mol. The van der Waals surface area contributed by atoms with Crippen molar-refractivity contribution in [1.29, 1.82) is 0 Å². The summed E-state index contributed by atoms with van der Waals surface area (Å²) >= 11 is 0. The highest BCUT2D eigenvalue weighted by atomic mass is 16.5. The molecule has 7 nitrogen and oxygen atoms in total. The second kappa shape index (κ2) is 9.73. The molecule has 7 heteroatoms. The van der Waals surface area contributed by atoms with Crippen LogP contribution in [-0.2, 0) is 4.79 Å². The number of carbonyl (C=O) groups is 2. The Kier molecular flexibility index (Phi) is 6.37. The van der Waals surface area contributed by atoms with Crippen molar-refractivity contribution in [3.8, 4) is 11.5 Å². The predicted molar refractivity (Wildman–Crippen MR) is 125 cm³/mol. The van der Waals surface area contributed by atoms with Gasteiger partial charge in [-0.3, -0.25) is 4.79 Å². The minimum Gasteiger partial charge on any atom is -0.490 e. The van der Waals surface area contributed by atoms with Gasteiger partial charge >= 0.3 is 6.03 Å². The largest absolute Gasteiger partial charge is 0.490 e. The molecule has 2 aromatic carbocycles. The van der Waals surface area contributed by atoms with Crippen LogP contribution < -0.4 is 14.8 Å². The third-order valence-electron chi connectivity index (χ3n) is 6.78. The second-order valence-electron chi connectivity index (χ2n) is 9.03. The molecule has 0 saturated carbocycles. The first-order chi connectivity index (χ1) is 16.2. The summed E-state index contributed by atoms with van der Waals surface area (Å²) < 4.78 is 11.6. The van der Waals surface area contributed by atoms with Gasteiger partial charge in [0.05, 0.1) is 25.2 Å². The number of rotatable bonds is 3. The number of fused-ring (bicyclic) bond motifs is 1. The summed E-state index contributed by atoms with van der Waals surface area (Å²) in [6.07, 6.45) is 4.44. The highest BCUT2D eigenvalue weighted by molar-refractivity contribution is 5.90. The van der Waals surface area contributed by atoms with Gasteiger partial charge in [-0.1, -0.05) is 24.3 Å². The zero-order valence-corrected chi connectivity index (χ0v) is 18.9. The Balaban J connectivity index is 1.26. The molecule has 0 aliphatic carbocycles. The number of urea groups is 1. The van der Waals surface area contributed by atoms with Gasteiger partial charge < -0.3 is 24.6 Å². The van der Waals surface area contributed by atoms with Crippen LogP contribution in [0.2, 0.25) is 0 Å². The lowest BCUT2D eigenvalue weighted by Gasteiger charge is -2.35. The van der Waals surface area contributed by atoms with Crippen LogP contribution in [0.25, 0.3) is 0 Å². The molecule has 3 heterocycles. The summed E-state index contributed by atoms with van der Waals surface area (Å²) in [6, 6.07) is 15.4. The van der Waals surface area contributed by atoms with Crippen molar-refractivity contribution >= 4 is 17.6 Å². The lowest BCUT2D eigenvalue weighted by molar-refractivity contribution is -0.137. The van der Waals surface area contributed by atoms with E-state index in [1.54, 1.807) is 4.90 Å². The van der Waals surface area contributed by atoms with E-state index in [-0.39, 0.29) is 23.9 Å². The average Bonchev–Trinajstić information content (AvgIpc) is 3.23. The van der Waals surface area contributed by atoms with Crippen LogP contribution in [0, 0.1) is 5.92 Å². The number of piperidine rings is 1. The van der Waals surface area contributed by atoms with Gasteiger partial charge in [-0.15, -0.1) is 0 Å². The van der Waals surface area contributed by atoms with E-state index in [9.17, 15) is 9.59 Å². The smallest absolute Gasteiger partial charge is 0.321 e. The molecule has 0 spiro atoms. The molecule has 3 amide bonds. The number of likely N-dealkylation sites (tertiary alicyclic amines) is 2. The van der Waals surface area contributed by atoms with Crippen LogP contribution in [0.4, 0.5) is 10.5 Å². The number of nitrogens with one attached hydrogen (secondary N) is 1. The summed E-state index contributed by atoms with van der Waals surface area (Å²) in [7, 11) is 0. The maximum Gasteiger partial charge on any atom is 0.321 e. The number of benzene rings is 2. The third-order valence-corrected chi connectivity index (χ3v) is 6.78. The Hall–Kier alpha value is -3.22. The molecule has 0 radical (unpaired) electrons. The van der Waals surface area contributed by atoms with Gasteiger partial charge in [0, 0.05) is 31.7 Å². The minimum absolute atomic E-state index is 0.0446.